The molecule has 0 radical (unpaired) electrons. The second-order valence-corrected chi connectivity index (χ2v) is 7.54. The Morgan fingerprint density at radius 2 is 1.97 bits per heavy atom. The van der Waals surface area contributed by atoms with Gasteiger partial charge in [0.25, 0.3) is 12.3 Å². The van der Waals surface area contributed by atoms with Crippen LogP contribution in [0.5, 0.6) is 0 Å². The van der Waals surface area contributed by atoms with Crippen LogP contribution in [0.3, 0.4) is 0 Å². The Morgan fingerprint density at radius 3 is 2.78 bits per heavy atom. The van der Waals surface area contributed by atoms with Gasteiger partial charge in [-0.05, 0) is 41.8 Å². The average molecular weight is 431 g/mol. The summed E-state index contributed by atoms with van der Waals surface area (Å²) in [5.74, 6) is -0.583. The van der Waals surface area contributed by atoms with E-state index in [1.54, 1.807) is 10.7 Å². The zero-order valence-electron chi connectivity index (χ0n) is 17.1. The maximum Gasteiger partial charge on any atom is 0.255 e. The van der Waals surface area contributed by atoms with E-state index in [2.05, 4.69) is 45.5 Å². The van der Waals surface area contributed by atoms with E-state index in [9.17, 15) is 13.6 Å². The molecule has 8 heteroatoms. The quantitative estimate of drug-likeness (QED) is 0.418. The van der Waals surface area contributed by atoms with Gasteiger partial charge >= 0.3 is 0 Å². The molecule has 160 valence electrons. The molecule has 6 nitrogen and oxygen atoms in total. The smallest absolute Gasteiger partial charge is 0.255 e. The van der Waals surface area contributed by atoms with Crippen molar-refractivity contribution in [2.24, 2.45) is 0 Å². The fourth-order valence-electron chi connectivity index (χ4n) is 3.87. The molecule has 0 bridgehead atoms. The van der Waals surface area contributed by atoms with Crippen LogP contribution < -0.4 is 5.32 Å². The molecule has 1 aromatic carbocycles. The summed E-state index contributed by atoms with van der Waals surface area (Å²) in [6.07, 6.45) is 4.23. The van der Waals surface area contributed by atoms with Gasteiger partial charge in [-0.3, -0.25) is 4.79 Å². The zero-order valence-corrected chi connectivity index (χ0v) is 17.1. The Bertz CT molecular complexity index is 1450. The number of nitrogens with one attached hydrogen (secondary N) is 2. The third kappa shape index (κ3) is 3.49. The lowest BCUT2D eigenvalue weighted by atomic mass is 9.99. The normalized spacial score (nSPS) is 11.5. The minimum Gasteiger partial charge on any atom is -0.346 e. The van der Waals surface area contributed by atoms with Gasteiger partial charge in [0.1, 0.15) is 5.65 Å². The Balaban J connectivity index is 1.58. The highest BCUT2D eigenvalue weighted by Crippen LogP contribution is 2.32. The van der Waals surface area contributed by atoms with Crippen LogP contribution in [0.15, 0.2) is 67.3 Å². The molecule has 4 aromatic heterocycles. The number of hydrogen-bond donors (Lipinski definition) is 2. The first kappa shape index (κ1) is 19.9. The van der Waals surface area contributed by atoms with E-state index >= 15 is 0 Å². The number of alkyl halides is 2. The number of carbonyl (C=O) groups is 1. The van der Waals surface area contributed by atoms with E-state index in [-0.39, 0.29) is 5.56 Å². The number of H-pyrrole nitrogens is 1. The van der Waals surface area contributed by atoms with Crippen molar-refractivity contribution in [1.82, 2.24) is 24.9 Å². The number of nitrogens with zero attached hydrogens (tertiary/aromatic N) is 3. The first-order valence-corrected chi connectivity index (χ1v) is 10.1. The SMILES string of the molecule is Cc1ccccc1-c1cnc2[nH]cc(-c3ccn4ncc(C(=O)NCC(F)F)c4c3)c2c1. The summed E-state index contributed by atoms with van der Waals surface area (Å²) >= 11 is 0. The fraction of sp³-hybridized carbons (Fsp3) is 0.125. The molecule has 0 unspecified atom stereocenters. The van der Waals surface area contributed by atoms with Crippen molar-refractivity contribution in [3.05, 3.63) is 78.4 Å². The van der Waals surface area contributed by atoms with E-state index in [1.165, 1.54) is 6.20 Å². The van der Waals surface area contributed by atoms with Gasteiger partial charge in [0.2, 0.25) is 0 Å². The summed E-state index contributed by atoms with van der Waals surface area (Å²) in [5.41, 5.74) is 6.58. The molecule has 0 aliphatic carbocycles. The van der Waals surface area contributed by atoms with Gasteiger partial charge in [0, 0.05) is 35.1 Å². The predicted molar refractivity (Wildman–Crippen MR) is 119 cm³/mol. The number of aromatic nitrogens is 4. The summed E-state index contributed by atoms with van der Waals surface area (Å²) in [7, 11) is 0. The second-order valence-electron chi connectivity index (χ2n) is 7.54. The van der Waals surface area contributed by atoms with Gasteiger partial charge in [-0.2, -0.15) is 5.10 Å². The highest BCUT2D eigenvalue weighted by atomic mass is 19.3. The molecule has 1 amide bonds. The molecule has 2 N–H and O–H groups in total. The van der Waals surface area contributed by atoms with Crippen LogP contribution in [0.4, 0.5) is 8.78 Å². The molecule has 32 heavy (non-hydrogen) atoms. The molecule has 5 rings (SSSR count). The Morgan fingerprint density at radius 1 is 1.12 bits per heavy atom. The minimum atomic E-state index is -2.61. The average Bonchev–Trinajstić information content (AvgIpc) is 3.41. The van der Waals surface area contributed by atoms with Crippen LogP contribution in [0, 0.1) is 6.92 Å². The topological polar surface area (TPSA) is 75.1 Å². The molecule has 0 atom stereocenters. The molecule has 0 aliphatic heterocycles. The molecular formula is C24H19F2N5O. The lowest BCUT2D eigenvalue weighted by molar-refractivity contribution is 0.0893. The summed E-state index contributed by atoms with van der Waals surface area (Å²) in [6, 6.07) is 13.9. The Hall–Kier alpha value is -4.07. The van der Waals surface area contributed by atoms with Crippen molar-refractivity contribution in [2.45, 2.75) is 13.3 Å². The number of carbonyl (C=O) groups excluding carboxylic acids is 1. The van der Waals surface area contributed by atoms with Gasteiger partial charge in [-0.15, -0.1) is 0 Å². The Labute approximate surface area is 181 Å². The van der Waals surface area contributed by atoms with E-state index in [1.807, 2.05) is 36.7 Å². The summed E-state index contributed by atoms with van der Waals surface area (Å²) in [4.78, 5) is 20.1. The van der Waals surface area contributed by atoms with E-state index in [0.717, 1.165) is 38.9 Å². The van der Waals surface area contributed by atoms with Gasteiger partial charge in [0.05, 0.1) is 23.8 Å². The van der Waals surface area contributed by atoms with Crippen LogP contribution >= 0.6 is 0 Å². The van der Waals surface area contributed by atoms with Crippen molar-refractivity contribution < 1.29 is 13.6 Å². The van der Waals surface area contributed by atoms with Crippen LogP contribution in [-0.2, 0) is 0 Å². The van der Waals surface area contributed by atoms with Gasteiger partial charge in [0.15, 0.2) is 0 Å². The highest BCUT2D eigenvalue weighted by Gasteiger charge is 2.16. The van der Waals surface area contributed by atoms with Crippen molar-refractivity contribution in [1.29, 1.82) is 0 Å². The van der Waals surface area contributed by atoms with Gasteiger partial charge < -0.3 is 10.3 Å². The largest absolute Gasteiger partial charge is 0.346 e. The van der Waals surface area contributed by atoms with Crippen molar-refractivity contribution in [2.75, 3.05) is 6.54 Å². The maximum atomic E-state index is 12.5. The molecule has 0 saturated heterocycles. The van der Waals surface area contributed by atoms with Crippen molar-refractivity contribution in [3.63, 3.8) is 0 Å². The summed E-state index contributed by atoms with van der Waals surface area (Å²) in [6.45, 7) is 1.36. The van der Waals surface area contributed by atoms with Crippen LogP contribution in [0.1, 0.15) is 15.9 Å². The molecule has 5 aromatic rings. The highest BCUT2D eigenvalue weighted by molar-refractivity contribution is 6.02. The lowest BCUT2D eigenvalue weighted by Crippen LogP contribution is -2.28. The number of aromatic amines is 1. The van der Waals surface area contributed by atoms with Crippen molar-refractivity contribution >= 4 is 22.5 Å². The number of benzene rings is 1. The molecule has 0 fully saturated rings. The van der Waals surface area contributed by atoms with Gasteiger partial charge in [-0.25, -0.2) is 18.3 Å². The van der Waals surface area contributed by atoms with Gasteiger partial charge in [-0.1, -0.05) is 24.3 Å². The molecule has 0 saturated carbocycles. The summed E-state index contributed by atoms with van der Waals surface area (Å²) < 4.78 is 26.5. The number of amides is 1. The molecular weight excluding hydrogens is 412 g/mol. The number of halogens is 2. The third-order valence-corrected chi connectivity index (χ3v) is 5.48. The fourth-order valence-corrected chi connectivity index (χ4v) is 3.87. The van der Waals surface area contributed by atoms with E-state index in [0.29, 0.717) is 5.52 Å². The van der Waals surface area contributed by atoms with E-state index in [4.69, 9.17) is 0 Å². The molecule has 4 heterocycles. The number of fused-ring (bicyclic) bond motifs is 2. The van der Waals surface area contributed by atoms with Crippen LogP contribution in [0.2, 0.25) is 0 Å². The molecule has 0 spiro atoms. The first-order valence-electron chi connectivity index (χ1n) is 10.1. The number of pyridine rings is 2. The summed E-state index contributed by atoms with van der Waals surface area (Å²) in [5, 5.41) is 7.34. The third-order valence-electron chi connectivity index (χ3n) is 5.48. The minimum absolute atomic E-state index is 0.242. The van der Waals surface area contributed by atoms with Crippen LogP contribution in [-0.4, -0.2) is 38.5 Å². The number of aryl methyl sites for hydroxylation is 1. The number of hydrogen-bond acceptors (Lipinski definition) is 3. The second kappa shape index (κ2) is 7.88. The van der Waals surface area contributed by atoms with E-state index < -0.39 is 18.9 Å². The first-order chi connectivity index (χ1) is 15.5. The monoisotopic (exact) mass is 431 g/mol. The number of rotatable bonds is 5. The van der Waals surface area contributed by atoms with Crippen molar-refractivity contribution in [3.8, 4) is 22.3 Å². The molecule has 0 aliphatic rings. The lowest BCUT2D eigenvalue weighted by Gasteiger charge is -2.07. The zero-order chi connectivity index (χ0) is 22.2. The Kier molecular flexibility index (Phi) is 4.89. The maximum absolute atomic E-state index is 12.5. The standard InChI is InChI=1S/C24H19F2N5O/c1-14-4-2-3-5-17(14)16-8-18-19(11-28-23(18)27-10-16)15-6-7-31-21(9-15)20(12-30-31)24(32)29-13-22(25)26/h2-12,22H,13H2,1H3,(H,27,28)(H,29,32). The van der Waals surface area contributed by atoms with Crippen LogP contribution in [0.25, 0.3) is 38.8 Å². The predicted octanol–water partition coefficient (Wildman–Crippen LogP) is 4.85.